The van der Waals surface area contributed by atoms with Gasteiger partial charge in [-0.2, -0.15) is 0 Å². The summed E-state index contributed by atoms with van der Waals surface area (Å²) < 4.78 is 0. The summed E-state index contributed by atoms with van der Waals surface area (Å²) in [7, 11) is 0. The lowest BCUT2D eigenvalue weighted by Gasteiger charge is -2.40. The van der Waals surface area contributed by atoms with Crippen LogP contribution in [0.5, 0.6) is 0 Å². The van der Waals surface area contributed by atoms with Gasteiger partial charge in [0.1, 0.15) is 6.10 Å². The monoisotopic (exact) mass is 407 g/mol. The SMILES string of the molecule is CC1=Cc2ccccc2N=C(Cc2cccc(C3C[C@H](CO)[C@@H](O)[C@H](O)[C@H]3O)c2)C1. The van der Waals surface area contributed by atoms with Crippen LogP contribution >= 0.6 is 0 Å². The third-order valence-corrected chi connectivity index (χ3v) is 6.27. The van der Waals surface area contributed by atoms with E-state index >= 15 is 0 Å². The fraction of sp³-hybridized carbons (Fsp3) is 0.400. The lowest BCUT2D eigenvalue weighted by Crippen LogP contribution is -2.51. The van der Waals surface area contributed by atoms with Gasteiger partial charge in [-0.1, -0.05) is 54.1 Å². The molecule has 1 unspecified atom stereocenters. The molecule has 1 heterocycles. The van der Waals surface area contributed by atoms with Gasteiger partial charge in [0.2, 0.25) is 0 Å². The van der Waals surface area contributed by atoms with Gasteiger partial charge in [0.15, 0.2) is 0 Å². The third-order valence-electron chi connectivity index (χ3n) is 6.27. The standard InChI is InChI=1S/C25H29NO4/c1-15-9-18-6-2-3-8-22(18)26-20(10-15)12-16-5-4-7-17(11-16)21-13-19(14-27)23(28)25(30)24(21)29/h2-9,11,19,21,23-25,27-30H,10,12-14H2,1H3/t19-,21?,23-,24+,25+/m1/s1. The van der Waals surface area contributed by atoms with Crippen LogP contribution in [0.25, 0.3) is 6.08 Å². The molecule has 2 aromatic rings. The van der Waals surface area contributed by atoms with Crippen molar-refractivity contribution in [3.8, 4) is 0 Å². The quantitative estimate of drug-likeness (QED) is 0.627. The molecule has 2 aromatic carbocycles. The van der Waals surface area contributed by atoms with Crippen LogP contribution in [-0.4, -0.2) is 51.1 Å². The average Bonchev–Trinajstić information content (AvgIpc) is 2.89. The molecule has 0 bridgehead atoms. The Morgan fingerprint density at radius 1 is 0.967 bits per heavy atom. The van der Waals surface area contributed by atoms with Crippen molar-refractivity contribution in [2.75, 3.05) is 6.61 Å². The van der Waals surface area contributed by atoms with Crippen molar-refractivity contribution in [2.24, 2.45) is 10.9 Å². The zero-order chi connectivity index (χ0) is 21.3. The number of para-hydroxylation sites is 1. The van der Waals surface area contributed by atoms with Crippen molar-refractivity contribution in [3.63, 3.8) is 0 Å². The van der Waals surface area contributed by atoms with E-state index < -0.39 is 24.2 Å². The molecule has 4 rings (SSSR count). The molecule has 5 heteroatoms. The zero-order valence-corrected chi connectivity index (χ0v) is 17.1. The highest BCUT2D eigenvalue weighted by Gasteiger charge is 2.42. The van der Waals surface area contributed by atoms with Gasteiger partial charge in [-0.15, -0.1) is 0 Å². The van der Waals surface area contributed by atoms with Crippen LogP contribution in [0.2, 0.25) is 0 Å². The number of aliphatic hydroxyl groups is 4. The van der Waals surface area contributed by atoms with E-state index in [1.54, 1.807) is 0 Å². The first-order valence-corrected chi connectivity index (χ1v) is 10.5. The normalized spacial score (nSPS) is 28.9. The number of allylic oxidation sites excluding steroid dienone is 1. The Labute approximate surface area is 177 Å². The first-order valence-electron chi connectivity index (χ1n) is 10.5. The molecule has 5 nitrogen and oxygen atoms in total. The lowest BCUT2D eigenvalue weighted by molar-refractivity contribution is -0.127. The highest BCUT2D eigenvalue weighted by molar-refractivity contribution is 5.94. The zero-order valence-electron chi connectivity index (χ0n) is 17.1. The molecule has 1 saturated carbocycles. The van der Waals surface area contributed by atoms with Gasteiger partial charge in [0.05, 0.1) is 17.9 Å². The molecular weight excluding hydrogens is 378 g/mol. The van der Waals surface area contributed by atoms with Gasteiger partial charge in [-0.25, -0.2) is 0 Å². The molecule has 30 heavy (non-hydrogen) atoms. The van der Waals surface area contributed by atoms with Crippen molar-refractivity contribution in [2.45, 2.75) is 50.4 Å². The summed E-state index contributed by atoms with van der Waals surface area (Å²) in [6, 6.07) is 16.1. The van der Waals surface area contributed by atoms with Crippen LogP contribution in [0.15, 0.2) is 59.1 Å². The van der Waals surface area contributed by atoms with Crippen molar-refractivity contribution >= 4 is 17.5 Å². The van der Waals surface area contributed by atoms with Gasteiger partial charge >= 0.3 is 0 Å². The Bertz CT molecular complexity index is 965. The smallest absolute Gasteiger partial charge is 0.107 e. The summed E-state index contributed by atoms with van der Waals surface area (Å²) in [5.74, 6) is -0.786. The van der Waals surface area contributed by atoms with Gasteiger partial charge in [-0.3, -0.25) is 4.99 Å². The summed E-state index contributed by atoms with van der Waals surface area (Å²) in [4.78, 5) is 4.90. The molecular formula is C25H29NO4. The summed E-state index contributed by atoms with van der Waals surface area (Å²) in [5.41, 5.74) is 6.45. The molecule has 0 saturated heterocycles. The number of hydrogen-bond acceptors (Lipinski definition) is 5. The molecule has 2 aliphatic rings. The molecule has 5 atom stereocenters. The predicted molar refractivity (Wildman–Crippen MR) is 118 cm³/mol. The first-order chi connectivity index (χ1) is 14.5. The Morgan fingerprint density at radius 3 is 2.57 bits per heavy atom. The van der Waals surface area contributed by atoms with E-state index in [0.29, 0.717) is 12.8 Å². The minimum atomic E-state index is -1.26. The Balaban J connectivity index is 1.59. The minimum Gasteiger partial charge on any atom is -0.396 e. The van der Waals surface area contributed by atoms with Gasteiger partial charge in [0, 0.05) is 42.6 Å². The summed E-state index contributed by atoms with van der Waals surface area (Å²) in [6.07, 6.45) is 0.676. The minimum absolute atomic E-state index is 0.219. The molecule has 0 radical (unpaired) electrons. The van der Waals surface area contributed by atoms with Crippen molar-refractivity contribution in [1.82, 2.24) is 0 Å². The van der Waals surface area contributed by atoms with Crippen molar-refractivity contribution < 1.29 is 20.4 Å². The third kappa shape index (κ3) is 4.25. The summed E-state index contributed by atoms with van der Waals surface area (Å²) in [6.45, 7) is 1.90. The van der Waals surface area contributed by atoms with Gasteiger partial charge in [0.25, 0.3) is 0 Å². The molecule has 0 spiro atoms. The van der Waals surface area contributed by atoms with E-state index in [0.717, 1.165) is 34.5 Å². The second-order valence-electron chi connectivity index (χ2n) is 8.58. The second-order valence-corrected chi connectivity index (χ2v) is 8.58. The van der Waals surface area contributed by atoms with E-state index in [4.69, 9.17) is 4.99 Å². The predicted octanol–water partition coefficient (Wildman–Crippen LogP) is 2.99. The molecule has 0 amide bonds. The number of rotatable bonds is 4. The van der Waals surface area contributed by atoms with Crippen molar-refractivity contribution in [1.29, 1.82) is 0 Å². The number of hydrogen-bond donors (Lipinski definition) is 4. The Kier molecular flexibility index (Phi) is 6.16. The van der Waals surface area contributed by atoms with Crippen LogP contribution in [0.3, 0.4) is 0 Å². The maximum absolute atomic E-state index is 10.5. The highest BCUT2D eigenvalue weighted by atomic mass is 16.4. The fourth-order valence-corrected chi connectivity index (χ4v) is 4.67. The van der Waals surface area contributed by atoms with E-state index in [2.05, 4.69) is 19.1 Å². The number of nitrogens with zero attached hydrogens (tertiary/aromatic N) is 1. The molecule has 158 valence electrons. The van der Waals surface area contributed by atoms with E-state index in [-0.39, 0.29) is 12.5 Å². The Hall–Kier alpha value is -2.31. The molecule has 1 aliphatic heterocycles. The van der Waals surface area contributed by atoms with Crippen molar-refractivity contribution in [3.05, 3.63) is 70.8 Å². The number of aliphatic imine (C=N–C) groups is 1. The van der Waals surface area contributed by atoms with Crippen LogP contribution < -0.4 is 0 Å². The molecule has 0 aromatic heterocycles. The fourth-order valence-electron chi connectivity index (χ4n) is 4.67. The largest absolute Gasteiger partial charge is 0.396 e. The maximum atomic E-state index is 10.5. The van der Waals surface area contributed by atoms with Crippen LogP contribution in [-0.2, 0) is 6.42 Å². The van der Waals surface area contributed by atoms with Crippen LogP contribution in [0, 0.1) is 5.92 Å². The summed E-state index contributed by atoms with van der Waals surface area (Å²) in [5, 5.41) is 40.4. The topological polar surface area (TPSA) is 93.3 Å². The van der Waals surface area contributed by atoms with Gasteiger partial charge < -0.3 is 20.4 Å². The molecule has 1 aliphatic carbocycles. The van der Waals surface area contributed by atoms with E-state index in [1.807, 2.05) is 42.5 Å². The van der Waals surface area contributed by atoms with E-state index in [1.165, 1.54) is 5.57 Å². The molecule has 4 N–H and O–H groups in total. The summed E-state index contributed by atoms with van der Waals surface area (Å²) >= 11 is 0. The van der Waals surface area contributed by atoms with Crippen LogP contribution in [0.1, 0.15) is 42.4 Å². The lowest BCUT2D eigenvalue weighted by atomic mass is 9.73. The highest BCUT2D eigenvalue weighted by Crippen LogP contribution is 2.37. The maximum Gasteiger partial charge on any atom is 0.107 e. The number of fused-ring (bicyclic) bond motifs is 1. The number of benzene rings is 2. The first kappa shape index (κ1) is 20.9. The van der Waals surface area contributed by atoms with E-state index in [9.17, 15) is 20.4 Å². The Morgan fingerprint density at radius 2 is 1.77 bits per heavy atom. The average molecular weight is 408 g/mol. The van der Waals surface area contributed by atoms with Crippen LogP contribution in [0.4, 0.5) is 5.69 Å². The molecule has 1 fully saturated rings. The second kappa shape index (κ2) is 8.82. The number of aliphatic hydroxyl groups excluding tert-OH is 4. The van der Waals surface area contributed by atoms with Gasteiger partial charge in [-0.05, 0) is 30.5 Å².